The van der Waals surface area contributed by atoms with Gasteiger partial charge in [-0.15, -0.1) is 0 Å². The van der Waals surface area contributed by atoms with Crippen molar-refractivity contribution in [3.8, 4) is 5.75 Å². The van der Waals surface area contributed by atoms with Crippen LogP contribution in [0.15, 0.2) is 51.9 Å². The van der Waals surface area contributed by atoms with Gasteiger partial charge in [0.1, 0.15) is 5.75 Å². The number of hydrogen-bond acceptors (Lipinski definition) is 3. The zero-order valence-corrected chi connectivity index (χ0v) is 16.8. The quantitative estimate of drug-likeness (QED) is 0.638. The zero-order chi connectivity index (χ0) is 18.6. The average molecular weight is 426 g/mol. The van der Waals surface area contributed by atoms with Gasteiger partial charge in [0.05, 0.1) is 11.3 Å². The van der Waals surface area contributed by atoms with E-state index in [1.165, 1.54) is 24.8 Å². The standard InChI is InChI=1S/C23H24BrNO2/c24-19-3-6-21(26)17(8-19)13-25-20-4-1-18(2-5-20)22-9-15-7-16(10-22)12-23(27,11-15)14-22/h1-6,8,13,15-16,26-27H,7,9-12,14H2. The van der Waals surface area contributed by atoms with Crippen LogP contribution in [-0.2, 0) is 5.41 Å². The van der Waals surface area contributed by atoms with E-state index >= 15 is 0 Å². The number of phenolic OH excluding ortho intramolecular Hbond substituents is 1. The maximum Gasteiger partial charge on any atom is 0.124 e. The van der Waals surface area contributed by atoms with Crippen molar-refractivity contribution < 1.29 is 10.2 Å². The Morgan fingerprint density at radius 2 is 1.70 bits per heavy atom. The van der Waals surface area contributed by atoms with Crippen molar-refractivity contribution in [2.24, 2.45) is 16.8 Å². The Bertz CT molecular complexity index is 891. The largest absolute Gasteiger partial charge is 0.507 e. The molecule has 0 radical (unpaired) electrons. The molecule has 27 heavy (non-hydrogen) atoms. The molecule has 2 aromatic rings. The van der Waals surface area contributed by atoms with Crippen molar-refractivity contribution in [3.05, 3.63) is 58.1 Å². The van der Waals surface area contributed by atoms with Gasteiger partial charge in [-0.3, -0.25) is 4.99 Å². The predicted octanol–water partition coefficient (Wildman–Crippen LogP) is 5.49. The van der Waals surface area contributed by atoms with Crippen LogP contribution in [0.1, 0.15) is 49.7 Å². The monoisotopic (exact) mass is 425 g/mol. The molecule has 2 N–H and O–H groups in total. The number of aromatic hydroxyl groups is 1. The molecule has 0 heterocycles. The molecule has 0 saturated heterocycles. The first kappa shape index (κ1) is 17.4. The van der Waals surface area contributed by atoms with Gasteiger partial charge in [0.15, 0.2) is 0 Å². The second-order valence-corrected chi connectivity index (χ2v) is 9.89. The summed E-state index contributed by atoms with van der Waals surface area (Å²) in [6, 6.07) is 13.8. The van der Waals surface area contributed by atoms with E-state index in [-0.39, 0.29) is 11.2 Å². The molecule has 2 atom stereocenters. The first-order valence-corrected chi connectivity index (χ1v) is 10.6. The first-order valence-electron chi connectivity index (χ1n) is 9.79. The molecule has 0 spiro atoms. The van der Waals surface area contributed by atoms with Crippen LogP contribution in [0.5, 0.6) is 5.75 Å². The number of phenols is 1. The van der Waals surface area contributed by atoms with E-state index in [9.17, 15) is 10.2 Å². The third-order valence-electron chi connectivity index (χ3n) is 6.85. The predicted molar refractivity (Wildman–Crippen MR) is 111 cm³/mol. The molecule has 4 heteroatoms. The lowest BCUT2D eigenvalue weighted by molar-refractivity contribution is -0.136. The van der Waals surface area contributed by atoms with Crippen molar-refractivity contribution in [1.29, 1.82) is 0 Å². The van der Waals surface area contributed by atoms with Gasteiger partial charge in [-0.2, -0.15) is 0 Å². The number of nitrogens with zero attached hydrogens (tertiary/aromatic N) is 1. The molecule has 2 aromatic carbocycles. The van der Waals surface area contributed by atoms with Crippen LogP contribution in [0.2, 0.25) is 0 Å². The average Bonchev–Trinajstić information content (AvgIpc) is 2.61. The van der Waals surface area contributed by atoms with E-state index in [1.807, 2.05) is 6.07 Å². The topological polar surface area (TPSA) is 52.8 Å². The molecule has 140 valence electrons. The Labute approximate surface area is 168 Å². The van der Waals surface area contributed by atoms with E-state index in [2.05, 4.69) is 45.2 Å². The van der Waals surface area contributed by atoms with Gasteiger partial charge in [0.25, 0.3) is 0 Å². The van der Waals surface area contributed by atoms with Crippen LogP contribution >= 0.6 is 15.9 Å². The lowest BCUT2D eigenvalue weighted by Gasteiger charge is -2.60. The molecule has 4 saturated carbocycles. The van der Waals surface area contributed by atoms with Crippen molar-refractivity contribution in [3.63, 3.8) is 0 Å². The number of hydrogen-bond donors (Lipinski definition) is 2. The van der Waals surface area contributed by atoms with Crippen molar-refractivity contribution in [2.75, 3.05) is 0 Å². The van der Waals surface area contributed by atoms with Crippen molar-refractivity contribution in [1.82, 2.24) is 0 Å². The maximum atomic E-state index is 11.0. The Hall–Kier alpha value is -1.65. The van der Waals surface area contributed by atoms with E-state index in [4.69, 9.17) is 0 Å². The van der Waals surface area contributed by atoms with Crippen LogP contribution in [0, 0.1) is 11.8 Å². The van der Waals surface area contributed by atoms with Crippen LogP contribution in [0.3, 0.4) is 0 Å². The number of benzene rings is 2. The normalized spacial score (nSPS) is 34.4. The zero-order valence-electron chi connectivity index (χ0n) is 15.2. The second kappa shape index (κ2) is 6.18. The second-order valence-electron chi connectivity index (χ2n) is 8.97. The molecule has 4 aliphatic rings. The van der Waals surface area contributed by atoms with Crippen molar-refractivity contribution in [2.45, 2.75) is 49.5 Å². The van der Waals surface area contributed by atoms with E-state index in [0.717, 1.165) is 29.4 Å². The van der Waals surface area contributed by atoms with Gasteiger partial charge in [0, 0.05) is 16.3 Å². The molecule has 0 aromatic heterocycles. The minimum absolute atomic E-state index is 0.156. The minimum Gasteiger partial charge on any atom is -0.507 e. The molecule has 4 fully saturated rings. The lowest BCUT2D eigenvalue weighted by atomic mass is 9.46. The molecular weight excluding hydrogens is 402 g/mol. The highest BCUT2D eigenvalue weighted by Gasteiger charge is 2.57. The number of aliphatic hydroxyl groups is 1. The molecule has 6 rings (SSSR count). The number of rotatable bonds is 3. The van der Waals surface area contributed by atoms with Gasteiger partial charge in [-0.1, -0.05) is 28.1 Å². The molecule has 4 aliphatic carbocycles. The van der Waals surface area contributed by atoms with Crippen LogP contribution in [0.25, 0.3) is 0 Å². The van der Waals surface area contributed by atoms with Crippen LogP contribution in [-0.4, -0.2) is 22.0 Å². The first-order chi connectivity index (χ1) is 12.9. The molecule has 4 bridgehead atoms. The fourth-order valence-corrected chi connectivity index (χ4v) is 6.60. The molecule has 0 aliphatic heterocycles. The molecule has 3 nitrogen and oxygen atoms in total. The Morgan fingerprint density at radius 3 is 2.37 bits per heavy atom. The molecular formula is C23H24BrNO2. The van der Waals surface area contributed by atoms with E-state index in [1.54, 1.807) is 18.3 Å². The van der Waals surface area contributed by atoms with E-state index < -0.39 is 5.60 Å². The van der Waals surface area contributed by atoms with Gasteiger partial charge in [-0.05, 0) is 91.7 Å². The third-order valence-corrected chi connectivity index (χ3v) is 7.35. The fourth-order valence-electron chi connectivity index (χ4n) is 6.23. The third kappa shape index (κ3) is 3.13. The minimum atomic E-state index is -0.431. The van der Waals surface area contributed by atoms with Crippen molar-refractivity contribution >= 4 is 27.8 Å². The van der Waals surface area contributed by atoms with Gasteiger partial charge >= 0.3 is 0 Å². The fraction of sp³-hybridized carbons (Fsp3) is 0.435. The summed E-state index contributed by atoms with van der Waals surface area (Å²) in [5, 5.41) is 20.9. The van der Waals surface area contributed by atoms with Gasteiger partial charge in [-0.25, -0.2) is 0 Å². The highest BCUT2D eigenvalue weighted by molar-refractivity contribution is 9.10. The molecule has 2 unspecified atom stereocenters. The van der Waals surface area contributed by atoms with Crippen LogP contribution in [0.4, 0.5) is 5.69 Å². The van der Waals surface area contributed by atoms with Gasteiger partial charge in [0.2, 0.25) is 0 Å². The summed E-state index contributed by atoms with van der Waals surface area (Å²) in [4.78, 5) is 4.52. The van der Waals surface area contributed by atoms with Gasteiger partial charge < -0.3 is 10.2 Å². The van der Waals surface area contributed by atoms with Crippen LogP contribution < -0.4 is 0 Å². The Balaban J connectivity index is 1.39. The highest BCUT2D eigenvalue weighted by Crippen LogP contribution is 2.62. The smallest absolute Gasteiger partial charge is 0.124 e. The summed E-state index contributed by atoms with van der Waals surface area (Å²) in [6.07, 6.45) is 8.38. The summed E-state index contributed by atoms with van der Waals surface area (Å²) in [5.74, 6) is 1.60. The summed E-state index contributed by atoms with van der Waals surface area (Å²) >= 11 is 3.42. The molecule has 0 amide bonds. The highest BCUT2D eigenvalue weighted by atomic mass is 79.9. The summed E-state index contributed by atoms with van der Waals surface area (Å²) in [6.45, 7) is 0. The van der Waals surface area contributed by atoms with E-state index in [0.29, 0.717) is 17.4 Å². The maximum absolute atomic E-state index is 11.0. The SMILES string of the molecule is Oc1ccc(Br)cc1C=Nc1ccc(C23CC4CC(CC(O)(C4)C2)C3)cc1. The summed E-state index contributed by atoms with van der Waals surface area (Å²) in [7, 11) is 0. The lowest BCUT2D eigenvalue weighted by Crippen LogP contribution is -2.57. The Kier molecular flexibility index (Phi) is 3.99. The summed E-state index contributed by atoms with van der Waals surface area (Å²) in [5.41, 5.74) is 2.65. The number of aliphatic imine (C=N–C) groups is 1. The summed E-state index contributed by atoms with van der Waals surface area (Å²) < 4.78 is 0.914. The Morgan fingerprint density at radius 1 is 1.00 bits per heavy atom. The number of halogens is 1.